The Labute approximate surface area is 364 Å². The van der Waals surface area contributed by atoms with E-state index in [0.717, 1.165) is 131 Å². The number of carbonyl (C=O) groups excluding carboxylic acids is 3. The second-order valence-corrected chi connectivity index (χ2v) is 17.3. The van der Waals surface area contributed by atoms with Crippen molar-refractivity contribution in [2.24, 2.45) is 0 Å². The Morgan fingerprint density at radius 3 is 2.24 bits per heavy atom. The molecule has 8 rings (SSSR count). The summed E-state index contributed by atoms with van der Waals surface area (Å²) in [7, 11) is 0. The van der Waals surface area contributed by atoms with Gasteiger partial charge in [-0.05, 0) is 118 Å². The third-order valence-electron chi connectivity index (χ3n) is 13.3. The van der Waals surface area contributed by atoms with Crippen LogP contribution in [0.25, 0.3) is 11.1 Å². The molecule has 0 atom stereocenters. The topological polar surface area (TPSA) is 146 Å². The van der Waals surface area contributed by atoms with E-state index < -0.39 is 6.03 Å². The zero-order valence-corrected chi connectivity index (χ0v) is 36.7. The highest BCUT2D eigenvalue weighted by atomic mass is 16.5. The maximum atomic E-state index is 14.0. The molecule has 3 N–H and O–H groups in total. The number of hydrogen-bond donors (Lipinski definition) is 3. The highest BCUT2D eigenvalue weighted by molar-refractivity contribution is 6.05. The van der Waals surface area contributed by atoms with Crippen molar-refractivity contribution >= 4 is 34.9 Å². The first-order chi connectivity index (χ1) is 30.0. The molecule has 0 unspecified atom stereocenters. The first-order valence-corrected chi connectivity index (χ1v) is 22.4. The maximum absolute atomic E-state index is 14.0. The number of nitrogens with one attached hydrogen (secondary N) is 3. The lowest BCUT2D eigenvalue weighted by Gasteiger charge is -2.43. The Balaban J connectivity index is 0.890. The van der Waals surface area contributed by atoms with E-state index in [-0.39, 0.29) is 23.9 Å². The molecule has 0 aliphatic carbocycles. The second-order valence-electron chi connectivity index (χ2n) is 17.3. The van der Waals surface area contributed by atoms with Gasteiger partial charge >= 0.3 is 6.03 Å². The van der Waals surface area contributed by atoms with E-state index in [1.807, 2.05) is 45.0 Å². The lowest BCUT2D eigenvalue weighted by molar-refractivity contribution is -0.120. The predicted octanol–water partition coefficient (Wildman–Crippen LogP) is 5.53. The monoisotopic (exact) mass is 843 g/mol. The number of H-pyrrole nitrogens is 1. The summed E-state index contributed by atoms with van der Waals surface area (Å²) in [6, 6.07) is 19.4. The number of nitrogens with zero attached hydrogens (tertiary/aromatic N) is 6. The number of benzene rings is 2. The van der Waals surface area contributed by atoms with Crippen molar-refractivity contribution in [2.75, 3.05) is 80.3 Å². The summed E-state index contributed by atoms with van der Waals surface area (Å²) < 4.78 is 5.71. The summed E-state index contributed by atoms with van der Waals surface area (Å²) in [5.41, 5.74) is 9.61. The fraction of sp³-hybridized carbons (Fsp3) is 0.479. The number of aromatic amines is 1. The van der Waals surface area contributed by atoms with Crippen molar-refractivity contribution in [1.29, 1.82) is 0 Å². The summed E-state index contributed by atoms with van der Waals surface area (Å²) >= 11 is 0. The highest BCUT2D eigenvalue weighted by Gasteiger charge is 2.29. The SMILES string of the molecule is CCN(c1cc(-c2ccc(N3CCN(C4CCN(Cc5ccc(N6CCC(=O)NC6=O)cn5)CC4)CC3)cc2)cc(C(=O)NCc2c(C)cc(C)[nH]c2=O)c1C)C1CCOCC1. The van der Waals surface area contributed by atoms with Gasteiger partial charge in [0.15, 0.2) is 0 Å². The molecule has 0 radical (unpaired) electrons. The van der Waals surface area contributed by atoms with Crippen LogP contribution in [0.2, 0.25) is 0 Å². The molecule has 4 aliphatic rings. The van der Waals surface area contributed by atoms with Gasteiger partial charge in [0.1, 0.15) is 0 Å². The number of aromatic nitrogens is 2. The quantitative estimate of drug-likeness (QED) is 0.167. The van der Waals surface area contributed by atoms with Crippen molar-refractivity contribution in [1.82, 2.24) is 30.4 Å². The van der Waals surface area contributed by atoms with Gasteiger partial charge in [-0.25, -0.2) is 4.79 Å². The zero-order valence-electron chi connectivity index (χ0n) is 36.7. The van der Waals surface area contributed by atoms with E-state index >= 15 is 0 Å². The summed E-state index contributed by atoms with van der Waals surface area (Å²) in [5.74, 6) is -0.432. The van der Waals surface area contributed by atoms with Crippen LogP contribution in [0.5, 0.6) is 0 Å². The zero-order chi connectivity index (χ0) is 43.3. The van der Waals surface area contributed by atoms with Crippen LogP contribution in [0.4, 0.5) is 21.9 Å². The minimum absolute atomic E-state index is 0.153. The summed E-state index contributed by atoms with van der Waals surface area (Å²) in [5, 5.41) is 5.44. The lowest BCUT2D eigenvalue weighted by atomic mass is 9.95. The van der Waals surface area contributed by atoms with Crippen LogP contribution in [0.1, 0.15) is 77.5 Å². The van der Waals surface area contributed by atoms with Crippen LogP contribution in [0.15, 0.2) is 65.6 Å². The van der Waals surface area contributed by atoms with E-state index in [2.05, 4.69) is 77.5 Å². The minimum Gasteiger partial charge on any atom is -0.381 e. The molecule has 14 nitrogen and oxygen atoms in total. The third kappa shape index (κ3) is 9.72. The Morgan fingerprint density at radius 2 is 1.58 bits per heavy atom. The smallest absolute Gasteiger partial charge is 0.328 e. The summed E-state index contributed by atoms with van der Waals surface area (Å²) in [6.45, 7) is 17.6. The van der Waals surface area contributed by atoms with Gasteiger partial charge in [0, 0.05) is 125 Å². The van der Waals surface area contributed by atoms with Crippen molar-refractivity contribution in [3.8, 4) is 11.1 Å². The van der Waals surface area contributed by atoms with Crippen LogP contribution >= 0.6 is 0 Å². The van der Waals surface area contributed by atoms with Gasteiger partial charge in [-0.3, -0.25) is 39.4 Å². The molecule has 4 aliphatic heterocycles. The predicted molar refractivity (Wildman–Crippen MR) is 243 cm³/mol. The fourth-order valence-corrected chi connectivity index (χ4v) is 9.75. The van der Waals surface area contributed by atoms with Crippen molar-refractivity contribution in [3.63, 3.8) is 0 Å². The number of amides is 4. The molecule has 6 heterocycles. The van der Waals surface area contributed by atoms with Gasteiger partial charge in [0.25, 0.3) is 11.5 Å². The second kappa shape index (κ2) is 19.2. The third-order valence-corrected chi connectivity index (χ3v) is 13.3. The largest absolute Gasteiger partial charge is 0.381 e. The molecule has 4 saturated heterocycles. The molecule has 14 heteroatoms. The van der Waals surface area contributed by atoms with Crippen LogP contribution < -0.4 is 30.9 Å². The number of hydrogen-bond acceptors (Lipinski definition) is 10. The molecule has 0 spiro atoms. The molecule has 2 aromatic carbocycles. The molecule has 0 bridgehead atoms. The van der Waals surface area contributed by atoms with Crippen LogP contribution in [0, 0.1) is 20.8 Å². The van der Waals surface area contributed by atoms with Crippen molar-refractivity contribution in [3.05, 3.63) is 105 Å². The van der Waals surface area contributed by atoms with Crippen LogP contribution in [0.3, 0.4) is 0 Å². The van der Waals surface area contributed by atoms with Gasteiger partial charge < -0.3 is 24.8 Å². The summed E-state index contributed by atoms with van der Waals surface area (Å²) in [6.07, 6.45) is 6.16. The Bertz CT molecular complexity index is 2290. The van der Waals surface area contributed by atoms with E-state index in [4.69, 9.17) is 4.74 Å². The number of ether oxygens (including phenoxy) is 1. The van der Waals surface area contributed by atoms with Gasteiger partial charge in [-0.15, -0.1) is 0 Å². The van der Waals surface area contributed by atoms with Crippen molar-refractivity contribution in [2.45, 2.75) is 85.0 Å². The highest BCUT2D eigenvalue weighted by Crippen LogP contribution is 2.35. The lowest BCUT2D eigenvalue weighted by Crippen LogP contribution is -2.53. The number of carbonyl (C=O) groups is 3. The molecule has 4 amide bonds. The average Bonchev–Trinajstić information content (AvgIpc) is 3.28. The number of piperidine rings is 1. The standard InChI is InChI=1S/C48H61N9O5/c1-5-56(40-15-24-62-25-16-40)44-28-36(27-42(34(44)4)46(59)50-30-43-32(2)26-33(3)51-47(43)60)35-6-9-38(10-7-35)54-20-22-55(23-21-54)39-12-17-53(18-13-39)31-37-8-11-41(29-49-37)57-19-14-45(58)52-48(57)61/h6-11,26-29,39-40H,5,12-25,30-31H2,1-4H3,(H,50,59)(H,51,60)(H,52,58,61). The Kier molecular flexibility index (Phi) is 13.4. The molecule has 4 aromatic rings. The first kappa shape index (κ1) is 43.1. The van der Waals surface area contributed by atoms with E-state index in [1.165, 1.54) is 5.69 Å². The number of imide groups is 1. The van der Waals surface area contributed by atoms with Crippen LogP contribution in [-0.4, -0.2) is 115 Å². The number of piperazine rings is 1. The van der Waals surface area contributed by atoms with Gasteiger partial charge in [0.2, 0.25) is 5.91 Å². The number of urea groups is 1. The number of aryl methyl sites for hydroxylation is 2. The van der Waals surface area contributed by atoms with E-state index in [0.29, 0.717) is 41.9 Å². The molecule has 4 fully saturated rings. The number of anilines is 3. The fourth-order valence-electron chi connectivity index (χ4n) is 9.75. The minimum atomic E-state index is -0.391. The first-order valence-electron chi connectivity index (χ1n) is 22.4. The molecular weight excluding hydrogens is 783 g/mol. The molecule has 0 saturated carbocycles. The molecule has 328 valence electrons. The molecule has 62 heavy (non-hydrogen) atoms. The average molecular weight is 844 g/mol. The number of likely N-dealkylation sites (tertiary alicyclic amines) is 1. The summed E-state index contributed by atoms with van der Waals surface area (Å²) in [4.78, 5) is 69.7. The van der Waals surface area contributed by atoms with E-state index in [1.54, 1.807) is 11.1 Å². The Morgan fingerprint density at radius 1 is 0.855 bits per heavy atom. The normalized spacial score (nSPS) is 18.5. The molecular formula is C48H61N9O5. The van der Waals surface area contributed by atoms with E-state index in [9.17, 15) is 19.2 Å². The van der Waals surface area contributed by atoms with Crippen molar-refractivity contribution < 1.29 is 19.1 Å². The maximum Gasteiger partial charge on any atom is 0.328 e. The van der Waals surface area contributed by atoms with Gasteiger partial charge in [-0.1, -0.05) is 12.1 Å². The number of pyridine rings is 2. The van der Waals surface area contributed by atoms with Crippen LogP contribution in [-0.2, 0) is 22.6 Å². The van der Waals surface area contributed by atoms with Gasteiger partial charge in [0.05, 0.1) is 17.6 Å². The molecule has 2 aromatic heterocycles. The number of rotatable bonds is 12. The Hall–Kier alpha value is -5.57. The van der Waals surface area contributed by atoms with Gasteiger partial charge in [-0.2, -0.15) is 0 Å².